The van der Waals surface area contributed by atoms with Gasteiger partial charge in [-0.05, 0) is 24.5 Å². The summed E-state index contributed by atoms with van der Waals surface area (Å²) in [6.07, 6.45) is 1.55. The number of halogens is 2. The molecule has 0 radical (unpaired) electrons. The maximum atomic E-state index is 13.3. The summed E-state index contributed by atoms with van der Waals surface area (Å²) in [7, 11) is -3.35. The third-order valence-corrected chi connectivity index (χ3v) is 5.98. The quantitative estimate of drug-likeness (QED) is 0.862. The van der Waals surface area contributed by atoms with E-state index in [9.17, 15) is 17.6 Å². The minimum Gasteiger partial charge on any atom is -0.298 e. The molecule has 0 aromatic heterocycles. The molecule has 0 aliphatic carbocycles. The molecule has 1 aliphatic rings. The van der Waals surface area contributed by atoms with Crippen LogP contribution in [0.15, 0.2) is 18.2 Å². The van der Waals surface area contributed by atoms with E-state index in [-0.39, 0.29) is 17.2 Å². The predicted octanol–water partition coefficient (Wildman–Crippen LogP) is 2.56. The first-order valence-corrected chi connectivity index (χ1v) is 8.18. The first-order chi connectivity index (χ1) is 8.92. The summed E-state index contributed by atoms with van der Waals surface area (Å²) in [5.41, 5.74) is 0.340. The summed E-state index contributed by atoms with van der Waals surface area (Å²) >= 11 is 5.77. The molecule has 0 bridgehead atoms. The number of sulfone groups is 1. The van der Waals surface area contributed by atoms with Crippen LogP contribution in [0.2, 0.25) is 5.02 Å². The Kier molecular flexibility index (Phi) is 4.26. The molecule has 0 spiro atoms. The zero-order valence-corrected chi connectivity index (χ0v) is 11.8. The van der Waals surface area contributed by atoms with Crippen LogP contribution in [-0.4, -0.2) is 25.2 Å². The molecule has 0 N–H and O–H groups in total. The van der Waals surface area contributed by atoms with Crippen molar-refractivity contribution in [1.29, 1.82) is 0 Å². The van der Waals surface area contributed by atoms with Crippen LogP contribution in [0.3, 0.4) is 0 Å². The van der Waals surface area contributed by atoms with Crippen LogP contribution in [0.4, 0.5) is 4.39 Å². The number of hydrogen-bond donors (Lipinski definition) is 0. The molecule has 1 aromatic carbocycles. The normalized spacial score (nSPS) is 22.1. The van der Waals surface area contributed by atoms with E-state index in [0.29, 0.717) is 18.4 Å². The van der Waals surface area contributed by atoms with E-state index in [1.807, 2.05) is 0 Å². The minimum atomic E-state index is -3.35. The van der Waals surface area contributed by atoms with Gasteiger partial charge in [-0.2, -0.15) is 0 Å². The van der Waals surface area contributed by atoms with Gasteiger partial charge in [-0.1, -0.05) is 30.2 Å². The second-order valence-electron chi connectivity index (χ2n) is 4.71. The van der Waals surface area contributed by atoms with E-state index in [1.54, 1.807) is 6.07 Å². The average molecular weight is 305 g/mol. The minimum absolute atomic E-state index is 0.0558. The van der Waals surface area contributed by atoms with Crippen LogP contribution < -0.4 is 0 Å². The van der Waals surface area contributed by atoms with Crippen molar-refractivity contribution in [3.8, 4) is 0 Å². The van der Waals surface area contributed by atoms with Gasteiger partial charge in [0.25, 0.3) is 0 Å². The molecular formula is C13H14ClFO3S. The third kappa shape index (κ3) is 3.15. The summed E-state index contributed by atoms with van der Waals surface area (Å²) in [4.78, 5) is 12.1. The van der Waals surface area contributed by atoms with E-state index in [4.69, 9.17) is 11.6 Å². The summed E-state index contributed by atoms with van der Waals surface area (Å²) in [5, 5.41) is -1.07. The number of benzene rings is 1. The monoisotopic (exact) mass is 304 g/mol. The molecule has 0 amide bonds. The predicted molar refractivity (Wildman–Crippen MR) is 71.5 cm³/mol. The zero-order chi connectivity index (χ0) is 14.0. The lowest BCUT2D eigenvalue weighted by molar-refractivity contribution is -0.118. The maximum absolute atomic E-state index is 13.3. The fourth-order valence-corrected chi connectivity index (χ4v) is 4.40. The fourth-order valence-electron chi connectivity index (χ4n) is 2.30. The summed E-state index contributed by atoms with van der Waals surface area (Å²) in [6.45, 7) is 0. The Morgan fingerprint density at radius 2 is 2.11 bits per heavy atom. The fraction of sp³-hybridized carbons (Fsp3) is 0.462. The Balaban J connectivity index is 2.19. The highest BCUT2D eigenvalue weighted by Crippen LogP contribution is 2.25. The molecule has 1 saturated heterocycles. The highest BCUT2D eigenvalue weighted by Gasteiger charge is 2.34. The van der Waals surface area contributed by atoms with Crippen LogP contribution in [0.25, 0.3) is 0 Å². The highest BCUT2D eigenvalue weighted by molar-refractivity contribution is 7.92. The van der Waals surface area contributed by atoms with Gasteiger partial charge in [-0.15, -0.1) is 0 Å². The first-order valence-electron chi connectivity index (χ1n) is 6.09. The standard InChI is InChI=1S/C13H14ClFO3S/c14-13-9(4-3-5-10(13)15)8-11(16)12-6-1-2-7-19(12,17)18/h3-5,12H,1-2,6-8H2. The first kappa shape index (κ1) is 14.5. The largest absolute Gasteiger partial charge is 0.298 e. The second-order valence-corrected chi connectivity index (χ2v) is 7.39. The smallest absolute Gasteiger partial charge is 0.160 e. The molecule has 19 heavy (non-hydrogen) atoms. The topological polar surface area (TPSA) is 51.2 Å². The lowest BCUT2D eigenvalue weighted by Gasteiger charge is -2.21. The third-order valence-electron chi connectivity index (χ3n) is 3.33. The maximum Gasteiger partial charge on any atom is 0.160 e. The summed E-state index contributed by atoms with van der Waals surface area (Å²) in [6, 6.07) is 4.20. The van der Waals surface area contributed by atoms with Crippen LogP contribution >= 0.6 is 11.6 Å². The van der Waals surface area contributed by atoms with Crippen molar-refractivity contribution in [2.24, 2.45) is 0 Å². The second kappa shape index (κ2) is 5.59. The van der Waals surface area contributed by atoms with Gasteiger partial charge >= 0.3 is 0 Å². The molecule has 0 saturated carbocycles. The van der Waals surface area contributed by atoms with Gasteiger partial charge in [0.05, 0.1) is 10.8 Å². The molecule has 1 aromatic rings. The highest BCUT2D eigenvalue weighted by atomic mass is 35.5. The number of ketones is 1. The van der Waals surface area contributed by atoms with Crippen LogP contribution in [0.5, 0.6) is 0 Å². The van der Waals surface area contributed by atoms with E-state index < -0.39 is 26.7 Å². The zero-order valence-electron chi connectivity index (χ0n) is 10.2. The Morgan fingerprint density at radius 1 is 1.37 bits per heavy atom. The molecule has 6 heteroatoms. The molecule has 1 unspecified atom stereocenters. The van der Waals surface area contributed by atoms with Gasteiger partial charge in [0.2, 0.25) is 0 Å². The Hall–Kier alpha value is -0.940. The van der Waals surface area contributed by atoms with Crippen molar-refractivity contribution >= 4 is 27.2 Å². The summed E-state index contributed by atoms with van der Waals surface area (Å²) in [5.74, 6) is -0.939. The Morgan fingerprint density at radius 3 is 2.79 bits per heavy atom. The van der Waals surface area contributed by atoms with Crippen LogP contribution in [0.1, 0.15) is 24.8 Å². The molecule has 1 atom stereocenters. The van der Waals surface area contributed by atoms with E-state index in [2.05, 4.69) is 0 Å². The van der Waals surface area contributed by atoms with E-state index >= 15 is 0 Å². The van der Waals surface area contributed by atoms with E-state index in [1.165, 1.54) is 12.1 Å². The van der Waals surface area contributed by atoms with Crippen molar-refractivity contribution in [2.75, 3.05) is 5.75 Å². The lowest BCUT2D eigenvalue weighted by Crippen LogP contribution is -2.36. The van der Waals surface area contributed by atoms with Gasteiger partial charge in [0.15, 0.2) is 15.6 Å². The molecule has 3 nitrogen and oxygen atoms in total. The number of rotatable bonds is 3. The van der Waals surface area contributed by atoms with Gasteiger partial charge in [-0.25, -0.2) is 12.8 Å². The Labute approximate surface area is 116 Å². The molecular weight excluding hydrogens is 291 g/mol. The lowest BCUT2D eigenvalue weighted by atomic mass is 10.0. The van der Waals surface area contributed by atoms with Gasteiger partial charge in [0.1, 0.15) is 11.1 Å². The van der Waals surface area contributed by atoms with Gasteiger partial charge < -0.3 is 0 Å². The number of Topliss-reactive ketones (excluding diaryl/α,β-unsaturated/α-hetero) is 1. The SMILES string of the molecule is O=C(Cc1cccc(F)c1Cl)C1CCCCS1(=O)=O. The number of carbonyl (C=O) groups is 1. The van der Waals surface area contributed by atoms with Gasteiger partial charge in [0, 0.05) is 6.42 Å². The van der Waals surface area contributed by atoms with Crippen molar-refractivity contribution in [3.63, 3.8) is 0 Å². The van der Waals surface area contributed by atoms with Crippen molar-refractivity contribution in [3.05, 3.63) is 34.6 Å². The van der Waals surface area contributed by atoms with Crippen LogP contribution in [0, 0.1) is 5.82 Å². The molecule has 1 fully saturated rings. The van der Waals surface area contributed by atoms with Crippen molar-refractivity contribution < 1.29 is 17.6 Å². The van der Waals surface area contributed by atoms with Crippen molar-refractivity contribution in [2.45, 2.75) is 30.9 Å². The molecule has 1 aliphatic heterocycles. The van der Waals surface area contributed by atoms with E-state index in [0.717, 1.165) is 6.42 Å². The van der Waals surface area contributed by atoms with Crippen molar-refractivity contribution in [1.82, 2.24) is 0 Å². The average Bonchev–Trinajstić information content (AvgIpc) is 2.34. The van der Waals surface area contributed by atoms with Crippen LogP contribution in [-0.2, 0) is 21.1 Å². The molecule has 2 rings (SSSR count). The Bertz CT molecular complexity index is 598. The summed E-state index contributed by atoms with van der Waals surface area (Å²) < 4.78 is 36.9. The molecule has 1 heterocycles. The molecule has 104 valence electrons. The van der Waals surface area contributed by atoms with Gasteiger partial charge in [-0.3, -0.25) is 4.79 Å². The number of carbonyl (C=O) groups excluding carboxylic acids is 1. The number of hydrogen-bond acceptors (Lipinski definition) is 3.